The lowest BCUT2D eigenvalue weighted by Gasteiger charge is -2.24. The minimum atomic E-state index is -0.644. The predicted molar refractivity (Wildman–Crippen MR) is 209 cm³/mol. The first-order chi connectivity index (χ1) is 25.3. The summed E-state index contributed by atoms with van der Waals surface area (Å²) in [7, 11) is 0. The van der Waals surface area contributed by atoms with Gasteiger partial charge >= 0.3 is 5.97 Å². The fraction of sp³-hybridized carbons (Fsp3) is 0.932. The summed E-state index contributed by atoms with van der Waals surface area (Å²) in [5.41, 5.74) is 0.876. The van der Waals surface area contributed by atoms with Crippen LogP contribution in [0.2, 0.25) is 0 Å². The van der Waals surface area contributed by atoms with E-state index in [-0.39, 0.29) is 42.6 Å². The molecular formula is C44H80O8. The number of cyclic esters (lactones) is 1. The van der Waals surface area contributed by atoms with Gasteiger partial charge in [0.2, 0.25) is 0 Å². The fourth-order valence-electron chi connectivity index (χ4n) is 8.52. The molecule has 2 fully saturated rings. The molecular weight excluding hydrogens is 656 g/mol. The molecule has 0 bridgehead atoms. The Morgan fingerprint density at radius 2 is 1.06 bits per heavy atom. The van der Waals surface area contributed by atoms with Crippen LogP contribution in [0.25, 0.3) is 0 Å². The van der Waals surface area contributed by atoms with Crippen LogP contribution in [-0.4, -0.2) is 81.3 Å². The molecule has 0 aromatic heterocycles. The number of hydrogen-bond donors (Lipinski definition) is 4. The van der Waals surface area contributed by atoms with Gasteiger partial charge in [0.25, 0.3) is 0 Å². The Labute approximate surface area is 317 Å². The molecule has 9 atom stereocenters. The van der Waals surface area contributed by atoms with Gasteiger partial charge in [-0.15, -0.1) is 0 Å². The summed E-state index contributed by atoms with van der Waals surface area (Å²) in [5.74, 6) is -0.112. The Bertz CT molecular complexity index is 941. The van der Waals surface area contributed by atoms with Crippen molar-refractivity contribution in [3.05, 3.63) is 11.6 Å². The Hall–Kier alpha value is -1.03. The third-order valence-electron chi connectivity index (χ3n) is 11.9. The highest BCUT2D eigenvalue weighted by atomic mass is 16.5. The van der Waals surface area contributed by atoms with Crippen LogP contribution in [0.4, 0.5) is 0 Å². The Morgan fingerprint density at radius 3 is 1.62 bits per heavy atom. The Balaban J connectivity index is 1.08. The summed E-state index contributed by atoms with van der Waals surface area (Å²) in [5, 5.41) is 42.5. The first-order valence-electron chi connectivity index (χ1n) is 22.2. The molecule has 0 aromatic rings. The smallest absolute Gasteiger partial charge is 0.334 e. The van der Waals surface area contributed by atoms with Gasteiger partial charge in [0.05, 0.1) is 48.8 Å². The molecule has 0 saturated carbocycles. The fourth-order valence-corrected chi connectivity index (χ4v) is 8.52. The molecule has 3 aliphatic rings. The lowest BCUT2D eigenvalue weighted by molar-refractivity contribution is -0.139. The van der Waals surface area contributed by atoms with Crippen LogP contribution in [0, 0.1) is 0 Å². The van der Waals surface area contributed by atoms with E-state index in [9.17, 15) is 25.2 Å². The summed E-state index contributed by atoms with van der Waals surface area (Å²) < 4.78 is 17.5. The first-order valence-corrected chi connectivity index (χ1v) is 22.2. The van der Waals surface area contributed by atoms with E-state index in [1.54, 1.807) is 0 Å². The van der Waals surface area contributed by atoms with Crippen molar-refractivity contribution in [1.29, 1.82) is 0 Å². The van der Waals surface area contributed by atoms with E-state index in [2.05, 4.69) is 6.92 Å². The molecule has 8 heteroatoms. The molecule has 0 amide bonds. The molecule has 0 aromatic carbocycles. The summed E-state index contributed by atoms with van der Waals surface area (Å²) in [6.45, 7) is 4.11. The Kier molecular flexibility index (Phi) is 24.0. The minimum Gasteiger partial charge on any atom is -0.455 e. The molecule has 2 saturated heterocycles. The summed E-state index contributed by atoms with van der Waals surface area (Å²) >= 11 is 0. The van der Waals surface area contributed by atoms with Crippen molar-refractivity contribution in [1.82, 2.24) is 0 Å². The van der Waals surface area contributed by atoms with E-state index in [1.807, 2.05) is 13.0 Å². The topological polar surface area (TPSA) is 126 Å². The van der Waals surface area contributed by atoms with Crippen LogP contribution in [-0.2, 0) is 19.0 Å². The van der Waals surface area contributed by atoms with Gasteiger partial charge in [-0.2, -0.15) is 0 Å². The van der Waals surface area contributed by atoms with Crippen LogP contribution in [0.1, 0.15) is 206 Å². The van der Waals surface area contributed by atoms with E-state index in [1.165, 1.54) is 103 Å². The summed E-state index contributed by atoms with van der Waals surface area (Å²) in [6.07, 6.45) is 31.4. The number of esters is 1. The molecule has 52 heavy (non-hydrogen) atoms. The van der Waals surface area contributed by atoms with Gasteiger partial charge < -0.3 is 34.6 Å². The van der Waals surface area contributed by atoms with Crippen LogP contribution < -0.4 is 0 Å². The third kappa shape index (κ3) is 19.0. The normalized spacial score (nSPS) is 25.7. The predicted octanol–water partition coefficient (Wildman–Crippen LogP) is 9.56. The molecule has 0 radical (unpaired) electrons. The monoisotopic (exact) mass is 737 g/mol. The quantitative estimate of drug-likeness (QED) is 0.0398. The zero-order chi connectivity index (χ0) is 37.4. The zero-order valence-corrected chi connectivity index (χ0v) is 33.4. The summed E-state index contributed by atoms with van der Waals surface area (Å²) in [4.78, 5) is 11.6. The van der Waals surface area contributed by atoms with E-state index >= 15 is 0 Å². The van der Waals surface area contributed by atoms with Gasteiger partial charge in [-0.05, 0) is 96.5 Å². The number of aliphatic hydroxyl groups is 4. The number of carbonyl (C=O) groups is 1. The van der Waals surface area contributed by atoms with Gasteiger partial charge in [0.1, 0.15) is 6.10 Å². The maximum atomic E-state index is 11.6. The van der Waals surface area contributed by atoms with Crippen molar-refractivity contribution in [2.24, 2.45) is 0 Å². The summed E-state index contributed by atoms with van der Waals surface area (Å²) in [6, 6.07) is 0. The number of carbonyl (C=O) groups excluding carboxylic acids is 1. The van der Waals surface area contributed by atoms with E-state index in [0.29, 0.717) is 19.3 Å². The third-order valence-corrected chi connectivity index (χ3v) is 11.9. The first kappa shape index (κ1) is 45.4. The molecule has 8 nitrogen and oxygen atoms in total. The molecule has 0 aliphatic carbocycles. The standard InChI is InChI=1S/C44H80O8/c1-3-4-5-19-23-36(45)24-21-26-38(46)42-31-32-43(52-42)40(48)29-28-39(47)41-30-27-37(51-41)25-20-17-15-13-11-9-7-6-8-10-12-14-16-18-22-35-33-34(2)50-44(35)49/h33-34,36-43,45-48H,3-32H2,1-2H3. The average molecular weight is 737 g/mol. The zero-order valence-electron chi connectivity index (χ0n) is 33.4. The highest BCUT2D eigenvalue weighted by molar-refractivity contribution is 5.90. The van der Waals surface area contributed by atoms with E-state index < -0.39 is 18.3 Å². The van der Waals surface area contributed by atoms with Crippen molar-refractivity contribution < 1.29 is 39.4 Å². The van der Waals surface area contributed by atoms with Gasteiger partial charge in [-0.1, -0.05) is 116 Å². The molecule has 9 unspecified atom stereocenters. The van der Waals surface area contributed by atoms with E-state index in [0.717, 1.165) is 76.2 Å². The second-order valence-corrected chi connectivity index (χ2v) is 16.7. The molecule has 3 heterocycles. The number of unbranched alkanes of at least 4 members (excludes halogenated alkanes) is 16. The van der Waals surface area contributed by atoms with Gasteiger partial charge in [-0.3, -0.25) is 0 Å². The lowest BCUT2D eigenvalue weighted by Crippen LogP contribution is -2.33. The van der Waals surface area contributed by atoms with Crippen molar-refractivity contribution >= 4 is 5.97 Å². The molecule has 3 rings (SSSR count). The highest BCUT2D eigenvalue weighted by Crippen LogP contribution is 2.31. The van der Waals surface area contributed by atoms with Crippen molar-refractivity contribution in [3.63, 3.8) is 0 Å². The van der Waals surface area contributed by atoms with Crippen LogP contribution in [0.5, 0.6) is 0 Å². The molecule has 4 N–H and O–H groups in total. The maximum absolute atomic E-state index is 11.6. The lowest BCUT2D eigenvalue weighted by atomic mass is 9.98. The number of aliphatic hydroxyl groups excluding tert-OH is 4. The SMILES string of the molecule is CCCCCCC(O)CCCC(O)C1CCC(C(O)CCC(O)C2CCC(CCCCCCCCCCCCCCCCC3=CC(C)OC3=O)O2)O1. The largest absolute Gasteiger partial charge is 0.455 e. The second kappa shape index (κ2) is 27.5. The van der Waals surface area contributed by atoms with Crippen LogP contribution >= 0.6 is 0 Å². The minimum absolute atomic E-state index is 0.0427. The molecule has 304 valence electrons. The number of hydrogen-bond acceptors (Lipinski definition) is 8. The maximum Gasteiger partial charge on any atom is 0.334 e. The van der Waals surface area contributed by atoms with Crippen molar-refractivity contribution in [2.75, 3.05) is 0 Å². The van der Waals surface area contributed by atoms with Gasteiger partial charge in [-0.25, -0.2) is 4.79 Å². The molecule has 0 spiro atoms. The average Bonchev–Trinajstić information content (AvgIpc) is 3.89. The van der Waals surface area contributed by atoms with Crippen molar-refractivity contribution in [3.8, 4) is 0 Å². The van der Waals surface area contributed by atoms with Crippen molar-refractivity contribution in [2.45, 2.75) is 261 Å². The van der Waals surface area contributed by atoms with Gasteiger partial charge in [0.15, 0.2) is 0 Å². The van der Waals surface area contributed by atoms with Crippen LogP contribution in [0.3, 0.4) is 0 Å². The molecule has 3 aliphatic heterocycles. The highest BCUT2D eigenvalue weighted by Gasteiger charge is 2.36. The van der Waals surface area contributed by atoms with E-state index in [4.69, 9.17) is 14.2 Å². The Morgan fingerprint density at radius 1 is 0.577 bits per heavy atom. The number of ether oxygens (including phenoxy) is 3. The second-order valence-electron chi connectivity index (χ2n) is 16.7. The van der Waals surface area contributed by atoms with Crippen LogP contribution in [0.15, 0.2) is 11.6 Å². The number of rotatable bonds is 32. The van der Waals surface area contributed by atoms with Gasteiger partial charge in [0, 0.05) is 5.57 Å².